The fourth-order valence-electron chi connectivity index (χ4n) is 3.11. The van der Waals surface area contributed by atoms with Gasteiger partial charge >= 0.3 is 0 Å². The van der Waals surface area contributed by atoms with Crippen molar-refractivity contribution in [1.29, 1.82) is 0 Å². The van der Waals surface area contributed by atoms with Gasteiger partial charge in [0.05, 0.1) is 5.69 Å². The first-order chi connectivity index (χ1) is 9.65. The minimum absolute atomic E-state index is 0.703. The molecule has 1 saturated heterocycles. The molecule has 1 atom stereocenters. The SMILES string of the molecule is CCN1CCCC1CN(C)c1ccc(CNC)cc1Br. The largest absolute Gasteiger partial charge is 0.372 e. The van der Waals surface area contributed by atoms with Gasteiger partial charge in [-0.05, 0) is 66.6 Å². The van der Waals surface area contributed by atoms with Gasteiger partial charge in [0.25, 0.3) is 0 Å². The van der Waals surface area contributed by atoms with E-state index < -0.39 is 0 Å². The maximum absolute atomic E-state index is 3.72. The van der Waals surface area contributed by atoms with E-state index in [0.29, 0.717) is 6.04 Å². The number of anilines is 1. The van der Waals surface area contributed by atoms with Crippen molar-refractivity contribution in [3.8, 4) is 0 Å². The van der Waals surface area contributed by atoms with Gasteiger partial charge in [0.1, 0.15) is 0 Å². The number of benzene rings is 1. The zero-order valence-corrected chi connectivity index (χ0v) is 14.4. The summed E-state index contributed by atoms with van der Waals surface area (Å²) in [4.78, 5) is 4.98. The summed E-state index contributed by atoms with van der Waals surface area (Å²) in [7, 11) is 4.18. The Bertz CT molecular complexity index is 436. The average molecular weight is 340 g/mol. The quantitative estimate of drug-likeness (QED) is 0.859. The minimum Gasteiger partial charge on any atom is -0.372 e. The molecule has 1 heterocycles. The van der Waals surface area contributed by atoms with Crippen LogP contribution < -0.4 is 10.2 Å². The summed E-state index contributed by atoms with van der Waals surface area (Å²) >= 11 is 3.72. The number of nitrogens with zero attached hydrogens (tertiary/aromatic N) is 2. The lowest BCUT2D eigenvalue weighted by Gasteiger charge is -2.29. The molecule has 1 aliphatic rings. The minimum atomic E-state index is 0.703. The molecule has 0 spiro atoms. The van der Waals surface area contributed by atoms with E-state index in [1.54, 1.807) is 0 Å². The Morgan fingerprint density at radius 3 is 2.90 bits per heavy atom. The Morgan fingerprint density at radius 2 is 2.25 bits per heavy atom. The van der Waals surface area contributed by atoms with Crippen LogP contribution in [0.5, 0.6) is 0 Å². The summed E-state index contributed by atoms with van der Waals surface area (Å²) in [5.41, 5.74) is 2.60. The molecule has 3 nitrogen and oxygen atoms in total. The second kappa shape index (κ2) is 7.43. The lowest BCUT2D eigenvalue weighted by molar-refractivity contribution is 0.270. The van der Waals surface area contributed by atoms with Gasteiger partial charge in [-0.15, -0.1) is 0 Å². The van der Waals surface area contributed by atoms with Gasteiger partial charge in [-0.3, -0.25) is 4.90 Å². The molecule has 1 N–H and O–H groups in total. The van der Waals surface area contributed by atoms with Crippen LogP contribution in [0.2, 0.25) is 0 Å². The predicted octanol–water partition coefficient (Wildman–Crippen LogP) is 3.09. The Labute approximate surface area is 131 Å². The number of hydrogen-bond acceptors (Lipinski definition) is 3. The zero-order chi connectivity index (χ0) is 14.5. The van der Waals surface area contributed by atoms with Crippen LogP contribution in [0.25, 0.3) is 0 Å². The van der Waals surface area contributed by atoms with Crippen molar-refractivity contribution >= 4 is 21.6 Å². The summed E-state index contributed by atoms with van der Waals surface area (Å²) in [6, 6.07) is 7.35. The van der Waals surface area contributed by atoms with Gasteiger partial charge in [0.2, 0.25) is 0 Å². The van der Waals surface area contributed by atoms with E-state index in [-0.39, 0.29) is 0 Å². The second-order valence-corrected chi connectivity index (χ2v) is 6.48. The molecule has 0 aliphatic carbocycles. The van der Waals surface area contributed by atoms with Gasteiger partial charge < -0.3 is 10.2 Å². The van der Waals surface area contributed by atoms with Crippen LogP contribution in [0.15, 0.2) is 22.7 Å². The van der Waals surface area contributed by atoms with Crippen molar-refractivity contribution in [2.24, 2.45) is 0 Å². The Morgan fingerprint density at radius 1 is 1.45 bits per heavy atom. The number of rotatable bonds is 6. The van der Waals surface area contributed by atoms with Crippen LogP contribution in [0, 0.1) is 0 Å². The molecule has 0 aromatic heterocycles. The van der Waals surface area contributed by atoms with Crippen molar-refractivity contribution < 1.29 is 0 Å². The fourth-order valence-corrected chi connectivity index (χ4v) is 3.84. The van der Waals surface area contributed by atoms with Crippen LogP contribution in [-0.2, 0) is 6.54 Å². The first-order valence-corrected chi connectivity index (χ1v) is 8.33. The third-order valence-corrected chi connectivity index (χ3v) is 4.83. The molecule has 0 amide bonds. The Balaban J connectivity index is 2.03. The van der Waals surface area contributed by atoms with Gasteiger partial charge in [-0.25, -0.2) is 0 Å². The van der Waals surface area contributed by atoms with Crippen molar-refractivity contribution in [3.05, 3.63) is 28.2 Å². The molecule has 112 valence electrons. The molecule has 1 unspecified atom stereocenters. The van der Waals surface area contributed by atoms with Crippen molar-refractivity contribution in [1.82, 2.24) is 10.2 Å². The van der Waals surface area contributed by atoms with Crippen molar-refractivity contribution in [2.45, 2.75) is 32.4 Å². The lowest BCUT2D eigenvalue weighted by atomic mass is 10.1. The first kappa shape index (κ1) is 15.8. The van der Waals surface area contributed by atoms with Gasteiger partial charge in [-0.1, -0.05) is 13.0 Å². The standard InChI is InChI=1S/C16H26BrN3/c1-4-20-9-5-6-14(20)12-19(3)16-8-7-13(11-18-2)10-15(16)17/h7-8,10,14,18H,4-6,9,11-12H2,1-3H3. The monoisotopic (exact) mass is 339 g/mol. The molecule has 1 aromatic rings. The highest BCUT2D eigenvalue weighted by atomic mass is 79.9. The zero-order valence-electron chi connectivity index (χ0n) is 12.8. The van der Waals surface area contributed by atoms with Crippen LogP contribution in [0.1, 0.15) is 25.3 Å². The van der Waals surface area contributed by atoms with E-state index in [1.165, 1.54) is 41.7 Å². The fraction of sp³-hybridized carbons (Fsp3) is 0.625. The first-order valence-electron chi connectivity index (χ1n) is 7.54. The number of likely N-dealkylation sites (N-methyl/N-ethyl adjacent to an activating group) is 2. The Hall–Kier alpha value is -0.580. The molecule has 0 saturated carbocycles. The Kier molecular flexibility index (Phi) is 5.87. The maximum atomic E-state index is 3.72. The van der Waals surface area contributed by atoms with Crippen molar-refractivity contribution in [2.75, 3.05) is 38.6 Å². The molecule has 1 aliphatic heterocycles. The van der Waals surface area contributed by atoms with Crippen LogP contribution in [-0.4, -0.2) is 44.7 Å². The number of likely N-dealkylation sites (tertiary alicyclic amines) is 1. The molecule has 1 fully saturated rings. The van der Waals surface area contributed by atoms with E-state index in [2.05, 4.69) is 63.2 Å². The highest BCUT2D eigenvalue weighted by Gasteiger charge is 2.24. The smallest absolute Gasteiger partial charge is 0.0508 e. The normalized spacial score (nSPS) is 19.5. The molecular weight excluding hydrogens is 314 g/mol. The molecule has 2 rings (SSSR count). The summed E-state index contributed by atoms with van der Waals surface area (Å²) in [6.07, 6.45) is 2.67. The molecule has 4 heteroatoms. The van der Waals surface area contributed by atoms with E-state index in [9.17, 15) is 0 Å². The second-order valence-electron chi connectivity index (χ2n) is 5.62. The summed E-state index contributed by atoms with van der Waals surface area (Å²) < 4.78 is 1.19. The van der Waals surface area contributed by atoms with Gasteiger partial charge in [0, 0.05) is 30.7 Å². The van der Waals surface area contributed by atoms with Gasteiger partial charge in [0.15, 0.2) is 0 Å². The number of nitrogens with one attached hydrogen (secondary N) is 1. The van der Waals surface area contributed by atoms with Crippen LogP contribution in [0.4, 0.5) is 5.69 Å². The summed E-state index contributed by atoms with van der Waals surface area (Å²) in [5, 5.41) is 3.19. The van der Waals surface area contributed by atoms with Gasteiger partial charge in [-0.2, -0.15) is 0 Å². The number of halogens is 1. The van der Waals surface area contributed by atoms with Crippen LogP contribution >= 0.6 is 15.9 Å². The number of hydrogen-bond donors (Lipinski definition) is 1. The summed E-state index contributed by atoms with van der Waals surface area (Å²) in [5.74, 6) is 0. The van der Waals surface area contributed by atoms with E-state index in [4.69, 9.17) is 0 Å². The topological polar surface area (TPSA) is 18.5 Å². The van der Waals surface area contributed by atoms with Crippen molar-refractivity contribution in [3.63, 3.8) is 0 Å². The van der Waals surface area contributed by atoms with E-state index >= 15 is 0 Å². The molecule has 20 heavy (non-hydrogen) atoms. The third-order valence-electron chi connectivity index (χ3n) is 4.19. The molecule has 0 bridgehead atoms. The molecule has 0 radical (unpaired) electrons. The maximum Gasteiger partial charge on any atom is 0.0508 e. The van der Waals surface area contributed by atoms with E-state index in [1.807, 2.05) is 7.05 Å². The average Bonchev–Trinajstić information content (AvgIpc) is 2.86. The lowest BCUT2D eigenvalue weighted by Crippen LogP contribution is -2.38. The summed E-state index contributed by atoms with van der Waals surface area (Å²) in [6.45, 7) is 6.71. The third kappa shape index (κ3) is 3.74. The molecule has 1 aromatic carbocycles. The highest BCUT2D eigenvalue weighted by molar-refractivity contribution is 9.10. The highest BCUT2D eigenvalue weighted by Crippen LogP contribution is 2.28. The van der Waals surface area contributed by atoms with Crippen LogP contribution in [0.3, 0.4) is 0 Å². The molecular formula is C16H26BrN3. The van der Waals surface area contributed by atoms with E-state index in [0.717, 1.165) is 13.1 Å². The predicted molar refractivity (Wildman–Crippen MR) is 90.4 cm³/mol.